The number of rotatable bonds is 8. The Morgan fingerprint density at radius 2 is 1.78 bits per heavy atom. The fraction of sp³-hybridized carbons (Fsp3) is 0.273. The Bertz CT molecular complexity index is 1140. The zero-order valence-corrected chi connectivity index (χ0v) is 19.0. The van der Waals surface area contributed by atoms with Crippen LogP contribution in [0.15, 0.2) is 77.0 Å². The van der Waals surface area contributed by atoms with E-state index in [-0.39, 0.29) is 16.6 Å². The molecule has 1 aliphatic rings. The van der Waals surface area contributed by atoms with E-state index in [9.17, 15) is 13.2 Å². The SMILES string of the molecule is O=C(CSc1nccn1Cc1ccccc1)Nc1ccc(S(=O)(=O)N2CCOCC2)cc1. The first kappa shape index (κ1) is 22.5. The lowest BCUT2D eigenvalue weighted by atomic mass is 10.2. The molecule has 0 aliphatic carbocycles. The topological polar surface area (TPSA) is 93.5 Å². The lowest BCUT2D eigenvalue weighted by Crippen LogP contribution is -2.40. The summed E-state index contributed by atoms with van der Waals surface area (Å²) in [6.45, 7) is 2.17. The number of nitrogens with zero attached hydrogens (tertiary/aromatic N) is 3. The van der Waals surface area contributed by atoms with E-state index < -0.39 is 10.0 Å². The number of nitrogens with one attached hydrogen (secondary N) is 1. The van der Waals surface area contributed by atoms with Crippen molar-refractivity contribution in [1.29, 1.82) is 0 Å². The number of morpholine rings is 1. The third kappa shape index (κ3) is 5.57. The van der Waals surface area contributed by atoms with Gasteiger partial charge in [0.2, 0.25) is 15.9 Å². The molecule has 1 N–H and O–H groups in total. The number of sulfonamides is 1. The smallest absolute Gasteiger partial charge is 0.243 e. The molecule has 0 radical (unpaired) electrons. The Balaban J connectivity index is 1.32. The third-order valence-electron chi connectivity index (χ3n) is 4.95. The number of aromatic nitrogens is 2. The van der Waals surface area contributed by atoms with E-state index in [1.807, 2.05) is 41.1 Å². The molecule has 2 aromatic carbocycles. The van der Waals surface area contributed by atoms with Crippen LogP contribution in [-0.2, 0) is 26.1 Å². The van der Waals surface area contributed by atoms with Crippen molar-refractivity contribution >= 4 is 33.4 Å². The number of hydrogen-bond donors (Lipinski definition) is 1. The van der Waals surface area contributed by atoms with Crippen LogP contribution in [0.4, 0.5) is 5.69 Å². The van der Waals surface area contributed by atoms with Crippen molar-refractivity contribution in [2.24, 2.45) is 0 Å². The van der Waals surface area contributed by atoms with Gasteiger partial charge in [-0.1, -0.05) is 42.1 Å². The summed E-state index contributed by atoms with van der Waals surface area (Å²) in [7, 11) is -3.55. The van der Waals surface area contributed by atoms with Gasteiger partial charge in [-0.15, -0.1) is 0 Å². The van der Waals surface area contributed by atoms with Crippen molar-refractivity contribution in [2.75, 3.05) is 37.4 Å². The molecule has 3 aromatic rings. The summed E-state index contributed by atoms with van der Waals surface area (Å²) in [4.78, 5) is 16.9. The van der Waals surface area contributed by atoms with Gasteiger partial charge in [-0.2, -0.15) is 4.31 Å². The van der Waals surface area contributed by atoms with Crippen molar-refractivity contribution in [3.05, 3.63) is 72.6 Å². The van der Waals surface area contributed by atoms with Gasteiger partial charge in [0.25, 0.3) is 0 Å². The van der Waals surface area contributed by atoms with E-state index in [1.54, 1.807) is 18.3 Å². The van der Waals surface area contributed by atoms with E-state index >= 15 is 0 Å². The molecule has 8 nitrogen and oxygen atoms in total. The maximum Gasteiger partial charge on any atom is 0.243 e. The number of thioether (sulfide) groups is 1. The second-order valence-electron chi connectivity index (χ2n) is 7.20. The molecule has 0 spiro atoms. The number of carbonyl (C=O) groups excluding carboxylic acids is 1. The molecule has 10 heteroatoms. The van der Waals surface area contributed by atoms with Gasteiger partial charge in [0.1, 0.15) is 0 Å². The molecule has 1 aromatic heterocycles. The summed E-state index contributed by atoms with van der Waals surface area (Å²) >= 11 is 1.35. The monoisotopic (exact) mass is 472 g/mol. The van der Waals surface area contributed by atoms with Gasteiger partial charge in [-0.25, -0.2) is 13.4 Å². The fourth-order valence-electron chi connectivity index (χ4n) is 3.31. The van der Waals surface area contributed by atoms with Gasteiger partial charge in [0.05, 0.1) is 23.9 Å². The number of benzene rings is 2. The summed E-state index contributed by atoms with van der Waals surface area (Å²) < 4.78 is 34.0. The van der Waals surface area contributed by atoms with Crippen molar-refractivity contribution in [3.63, 3.8) is 0 Å². The van der Waals surface area contributed by atoms with Gasteiger partial charge < -0.3 is 14.6 Å². The minimum Gasteiger partial charge on any atom is -0.379 e. The van der Waals surface area contributed by atoms with Crippen LogP contribution >= 0.6 is 11.8 Å². The first-order valence-corrected chi connectivity index (χ1v) is 12.6. The summed E-state index contributed by atoms with van der Waals surface area (Å²) in [6, 6.07) is 16.3. The number of hydrogen-bond acceptors (Lipinski definition) is 6. The van der Waals surface area contributed by atoms with Crippen LogP contribution in [0.1, 0.15) is 5.56 Å². The average Bonchev–Trinajstić information content (AvgIpc) is 3.26. The third-order valence-corrected chi connectivity index (χ3v) is 7.87. The molecule has 1 amide bonds. The molecule has 1 aliphatic heterocycles. The average molecular weight is 473 g/mol. The Kier molecular flexibility index (Phi) is 7.26. The maximum atomic E-state index is 12.7. The molecule has 0 atom stereocenters. The summed E-state index contributed by atoms with van der Waals surface area (Å²) in [5, 5.41) is 3.57. The van der Waals surface area contributed by atoms with Crippen LogP contribution in [0.2, 0.25) is 0 Å². The standard InChI is InChI=1S/C22H24N4O4S2/c27-21(17-31-22-23-10-11-25(22)16-18-4-2-1-3-5-18)24-19-6-8-20(9-7-19)32(28,29)26-12-14-30-15-13-26/h1-11H,12-17H2,(H,24,27). The molecule has 0 unspecified atom stereocenters. The van der Waals surface area contributed by atoms with E-state index in [1.165, 1.54) is 28.2 Å². The van der Waals surface area contributed by atoms with Crippen molar-refractivity contribution in [2.45, 2.75) is 16.6 Å². The van der Waals surface area contributed by atoms with Crippen molar-refractivity contribution in [3.8, 4) is 0 Å². The highest BCUT2D eigenvalue weighted by molar-refractivity contribution is 7.99. The van der Waals surface area contributed by atoms with Crippen LogP contribution < -0.4 is 5.32 Å². The van der Waals surface area contributed by atoms with Crippen molar-refractivity contribution in [1.82, 2.24) is 13.9 Å². The number of carbonyl (C=O) groups is 1. The lowest BCUT2D eigenvalue weighted by Gasteiger charge is -2.26. The lowest BCUT2D eigenvalue weighted by molar-refractivity contribution is -0.113. The molecular weight excluding hydrogens is 448 g/mol. The molecule has 4 rings (SSSR count). The van der Waals surface area contributed by atoms with Crippen LogP contribution in [0.25, 0.3) is 0 Å². The fourth-order valence-corrected chi connectivity index (χ4v) is 5.48. The summed E-state index contributed by atoms with van der Waals surface area (Å²) in [5.74, 6) is 0.00709. The number of amides is 1. The number of ether oxygens (including phenoxy) is 1. The largest absolute Gasteiger partial charge is 0.379 e. The molecule has 0 bridgehead atoms. The van der Waals surface area contributed by atoms with Gasteiger partial charge >= 0.3 is 0 Å². The Morgan fingerprint density at radius 3 is 2.50 bits per heavy atom. The van der Waals surface area contributed by atoms with E-state index in [2.05, 4.69) is 10.3 Å². The zero-order valence-electron chi connectivity index (χ0n) is 17.4. The first-order chi connectivity index (χ1) is 15.5. The predicted molar refractivity (Wildman–Crippen MR) is 123 cm³/mol. The zero-order chi connectivity index (χ0) is 22.4. The Hall–Kier alpha value is -2.66. The number of anilines is 1. The minimum absolute atomic E-state index is 0.187. The van der Waals surface area contributed by atoms with Crippen LogP contribution in [0, 0.1) is 0 Å². The van der Waals surface area contributed by atoms with Crippen LogP contribution in [0.5, 0.6) is 0 Å². The normalized spacial score (nSPS) is 14.9. The first-order valence-electron chi connectivity index (χ1n) is 10.2. The van der Waals surface area contributed by atoms with Crippen LogP contribution in [0.3, 0.4) is 0 Å². The quantitative estimate of drug-likeness (QED) is 0.507. The molecule has 1 fully saturated rings. The highest BCUT2D eigenvalue weighted by Crippen LogP contribution is 2.21. The minimum atomic E-state index is -3.55. The van der Waals surface area contributed by atoms with Crippen molar-refractivity contribution < 1.29 is 17.9 Å². The van der Waals surface area contributed by atoms with Gasteiger partial charge in [-0.05, 0) is 29.8 Å². The van der Waals surface area contributed by atoms with E-state index in [0.29, 0.717) is 38.5 Å². The summed E-state index contributed by atoms with van der Waals surface area (Å²) in [5.41, 5.74) is 1.70. The maximum absolute atomic E-state index is 12.7. The molecule has 32 heavy (non-hydrogen) atoms. The van der Waals surface area contributed by atoms with Gasteiger partial charge in [0.15, 0.2) is 5.16 Å². The Labute approximate surface area is 191 Å². The molecule has 0 saturated carbocycles. The molecule has 2 heterocycles. The van der Waals surface area contributed by atoms with Crippen LogP contribution in [-0.4, -0.2) is 60.2 Å². The van der Waals surface area contributed by atoms with E-state index in [4.69, 9.17) is 4.74 Å². The molecular formula is C22H24N4O4S2. The number of imidazole rings is 1. The predicted octanol–water partition coefficient (Wildman–Crippen LogP) is 2.68. The molecule has 1 saturated heterocycles. The molecule has 168 valence electrons. The Morgan fingerprint density at radius 1 is 1.06 bits per heavy atom. The second-order valence-corrected chi connectivity index (χ2v) is 10.1. The van der Waals surface area contributed by atoms with E-state index in [0.717, 1.165) is 10.7 Å². The summed E-state index contributed by atoms with van der Waals surface area (Å²) in [6.07, 6.45) is 3.61. The second kappa shape index (κ2) is 10.3. The highest BCUT2D eigenvalue weighted by atomic mass is 32.2. The highest BCUT2D eigenvalue weighted by Gasteiger charge is 2.26. The van der Waals surface area contributed by atoms with Gasteiger partial charge in [0, 0.05) is 37.7 Å². The van der Waals surface area contributed by atoms with Gasteiger partial charge in [-0.3, -0.25) is 4.79 Å².